The normalized spacial score (nSPS) is 12.8. The summed E-state index contributed by atoms with van der Waals surface area (Å²) in [4.78, 5) is 47.7. The molecule has 1 rings (SSSR count). The summed E-state index contributed by atoms with van der Waals surface area (Å²) in [5.41, 5.74) is 0. The molecule has 1 fully saturated rings. The Balaban J connectivity index is 0.00000150. The molecule has 440 valence electrons. The highest BCUT2D eigenvalue weighted by Gasteiger charge is 2.22. The van der Waals surface area contributed by atoms with E-state index in [4.69, 9.17) is 4.74 Å². The van der Waals surface area contributed by atoms with Crippen molar-refractivity contribution in [3.8, 4) is 0 Å². The van der Waals surface area contributed by atoms with Crippen molar-refractivity contribution in [1.29, 1.82) is 0 Å². The molecule has 9 nitrogen and oxygen atoms in total. The van der Waals surface area contributed by atoms with Gasteiger partial charge in [-0.25, -0.2) is 0 Å². The maximum Gasteiger partial charge on any atom is 0.305 e. The van der Waals surface area contributed by atoms with E-state index in [1.54, 1.807) is 4.90 Å². The lowest BCUT2D eigenvalue weighted by Crippen LogP contribution is -2.51. The van der Waals surface area contributed by atoms with Crippen LogP contribution in [0.3, 0.4) is 0 Å². The van der Waals surface area contributed by atoms with Crippen molar-refractivity contribution >= 4 is 18.3 Å². The van der Waals surface area contributed by atoms with Crippen LogP contribution in [0.1, 0.15) is 311 Å². The van der Waals surface area contributed by atoms with Gasteiger partial charge in [0, 0.05) is 45.7 Å². The maximum absolute atomic E-state index is 13.3. The third kappa shape index (κ3) is 49.8. The number of carbonyl (C=O) groups excluding carboxylic acids is 3. The fourth-order valence-corrected chi connectivity index (χ4v) is 10.5. The highest BCUT2D eigenvalue weighted by molar-refractivity contribution is 5.78. The number of amides is 2. The van der Waals surface area contributed by atoms with Crippen LogP contribution in [0.15, 0.2) is 0 Å². The van der Waals surface area contributed by atoms with Crippen molar-refractivity contribution in [2.75, 3.05) is 91.7 Å². The van der Waals surface area contributed by atoms with E-state index in [0.29, 0.717) is 45.8 Å². The Labute approximate surface area is 462 Å². The zero-order valence-electron chi connectivity index (χ0n) is 51.0. The summed E-state index contributed by atoms with van der Waals surface area (Å²) in [7, 11) is 0. The number of carbonyl (C=O) groups is 3. The smallest absolute Gasteiger partial charge is 0.305 e. The lowest BCUT2D eigenvalue weighted by Gasteiger charge is -2.34. The minimum atomic E-state index is 0.00401. The number of hydrogen-bond donors (Lipinski definition) is 0. The Morgan fingerprint density at radius 3 is 1.04 bits per heavy atom. The van der Waals surface area contributed by atoms with E-state index < -0.39 is 0 Å². The molecule has 0 aromatic heterocycles. The fraction of sp³-hybridized carbons (Fsp3) is 0.954. The zero-order valence-corrected chi connectivity index (χ0v) is 51.0. The Morgan fingerprint density at radius 1 is 0.365 bits per heavy atom. The highest BCUT2D eigenvalue weighted by Crippen LogP contribution is 2.15. The number of esters is 1. The Bertz CT molecular complexity index is 1130. The van der Waals surface area contributed by atoms with Gasteiger partial charge >= 0.3 is 5.97 Å². The van der Waals surface area contributed by atoms with E-state index in [-0.39, 0.29) is 11.9 Å². The van der Waals surface area contributed by atoms with E-state index >= 15 is 0 Å². The average molecular weight is 1050 g/mol. The van der Waals surface area contributed by atoms with Crippen molar-refractivity contribution in [3.63, 3.8) is 0 Å². The molecule has 0 bridgehead atoms. The maximum atomic E-state index is 13.3. The van der Waals surface area contributed by atoms with Gasteiger partial charge in [0.2, 0.25) is 12.3 Å². The molecule has 1 aliphatic heterocycles. The van der Waals surface area contributed by atoms with Crippen LogP contribution < -0.4 is 0 Å². The van der Waals surface area contributed by atoms with Crippen LogP contribution in [-0.2, 0) is 19.1 Å². The third-order valence-electron chi connectivity index (χ3n) is 15.8. The molecule has 0 aliphatic carbocycles. The first-order chi connectivity index (χ1) is 36.4. The number of nitrogens with zero attached hydrogens (tertiary/aromatic N) is 5. The van der Waals surface area contributed by atoms with Gasteiger partial charge in [0.25, 0.3) is 0 Å². The summed E-state index contributed by atoms with van der Waals surface area (Å²) < 4.78 is 5.35. The molecule has 1 heterocycles. The van der Waals surface area contributed by atoms with Gasteiger partial charge in [0.05, 0.1) is 13.2 Å². The lowest BCUT2D eigenvalue weighted by atomic mass is 10.1. The fourth-order valence-electron chi connectivity index (χ4n) is 10.5. The molecule has 0 atom stereocenters. The Hall–Kier alpha value is -1.71. The predicted octanol–water partition coefficient (Wildman–Crippen LogP) is 17.2. The summed E-state index contributed by atoms with van der Waals surface area (Å²) in [5, 5.41) is 0. The minimum Gasteiger partial charge on any atom is -0.466 e. The second-order valence-corrected chi connectivity index (χ2v) is 22.8. The molecule has 0 aromatic rings. The van der Waals surface area contributed by atoms with Gasteiger partial charge in [-0.05, 0) is 84.2 Å². The molecule has 2 amide bonds. The second-order valence-electron chi connectivity index (χ2n) is 22.8. The van der Waals surface area contributed by atoms with Crippen LogP contribution >= 0.6 is 0 Å². The number of ether oxygens (including phenoxy) is 1. The summed E-state index contributed by atoms with van der Waals surface area (Å²) in [6, 6.07) is 0. The molecule has 0 radical (unpaired) electrons. The molecule has 0 unspecified atom stereocenters. The third-order valence-corrected chi connectivity index (χ3v) is 15.8. The number of hydrogen-bond acceptors (Lipinski definition) is 7. The predicted molar refractivity (Wildman–Crippen MR) is 322 cm³/mol. The van der Waals surface area contributed by atoms with Crippen LogP contribution in [0.25, 0.3) is 0 Å². The Kier molecular flexibility index (Phi) is 57.6. The topological polar surface area (TPSA) is 76.6 Å². The van der Waals surface area contributed by atoms with Gasteiger partial charge in [0.15, 0.2) is 0 Å². The van der Waals surface area contributed by atoms with E-state index in [0.717, 1.165) is 51.9 Å². The number of unbranched alkanes of at least 4 members (excludes halogenated alkanes) is 35. The summed E-state index contributed by atoms with van der Waals surface area (Å²) >= 11 is 0. The van der Waals surface area contributed by atoms with Gasteiger partial charge in [-0.2, -0.15) is 0 Å². The first-order valence-corrected chi connectivity index (χ1v) is 33.2. The number of rotatable bonds is 56. The van der Waals surface area contributed by atoms with E-state index in [9.17, 15) is 14.4 Å². The highest BCUT2D eigenvalue weighted by atomic mass is 16.5. The van der Waals surface area contributed by atoms with Gasteiger partial charge in [-0.3, -0.25) is 19.3 Å². The van der Waals surface area contributed by atoms with Crippen LogP contribution in [0.2, 0.25) is 0 Å². The lowest BCUT2D eigenvalue weighted by molar-refractivity contribution is -0.144. The van der Waals surface area contributed by atoms with E-state index in [1.807, 2.05) is 4.90 Å². The molecule has 0 saturated carbocycles. The quantitative estimate of drug-likeness (QED) is 0.0341. The largest absolute Gasteiger partial charge is 0.466 e. The standard InChI is InChI=1S/C36H72N4O2.C29H59NO2/c1-4-7-10-13-16-19-22-25-37(26-23-20-17-14-11-8-5-2)28-29-38(27-24-21-18-15-12-9-6-3)34-36(42)40-32-30-39(35-41)31-33-40;1-4-7-9-11-12-13-14-15-16-17-18-22-26-30(6-3)27-23-20-21-25-29(31)32-28-24-19-10-8-5-2/h35H,4-34H2,1-3H3;4-28H2,1-3H3. The van der Waals surface area contributed by atoms with Crippen molar-refractivity contribution < 1.29 is 19.1 Å². The summed E-state index contributed by atoms with van der Waals surface area (Å²) in [5.74, 6) is 0.249. The minimum absolute atomic E-state index is 0.00401. The molecule has 9 heteroatoms. The van der Waals surface area contributed by atoms with Gasteiger partial charge in [-0.15, -0.1) is 0 Å². The summed E-state index contributed by atoms with van der Waals surface area (Å²) in [6.45, 7) is 26.5. The molecule has 0 spiro atoms. The summed E-state index contributed by atoms with van der Waals surface area (Å²) in [6.07, 6.45) is 56.0. The molecule has 0 aromatic carbocycles. The van der Waals surface area contributed by atoms with Crippen molar-refractivity contribution in [1.82, 2.24) is 24.5 Å². The van der Waals surface area contributed by atoms with Crippen molar-refractivity contribution in [2.45, 2.75) is 311 Å². The van der Waals surface area contributed by atoms with Gasteiger partial charge < -0.3 is 24.3 Å². The molecule has 1 saturated heterocycles. The van der Waals surface area contributed by atoms with Crippen molar-refractivity contribution in [3.05, 3.63) is 0 Å². The molecular formula is C65H131N5O4. The first kappa shape index (κ1) is 72.3. The van der Waals surface area contributed by atoms with Gasteiger partial charge in [0.1, 0.15) is 0 Å². The Morgan fingerprint density at radius 2 is 0.676 bits per heavy atom. The van der Waals surface area contributed by atoms with Crippen LogP contribution in [-0.4, -0.2) is 134 Å². The van der Waals surface area contributed by atoms with E-state index in [1.165, 1.54) is 270 Å². The SMILES string of the molecule is CCCCCCCCCCCCCCN(CC)CCCCCC(=O)OCCCCCCC.CCCCCCCCCN(CCCCCCCCC)CCN(CCCCCCCCC)CC(=O)N1CCN(C=O)CC1. The molecule has 74 heavy (non-hydrogen) atoms. The molecule has 0 N–H and O–H groups in total. The molecular weight excluding hydrogens is 915 g/mol. The van der Waals surface area contributed by atoms with E-state index in [2.05, 4.69) is 56.2 Å². The zero-order chi connectivity index (χ0) is 54.1. The monoisotopic (exact) mass is 1050 g/mol. The number of piperazine rings is 1. The van der Waals surface area contributed by atoms with Crippen LogP contribution in [0.5, 0.6) is 0 Å². The molecule has 1 aliphatic rings. The average Bonchev–Trinajstić information content (AvgIpc) is 3.41. The first-order valence-electron chi connectivity index (χ1n) is 33.2. The second kappa shape index (κ2) is 59.0. The van der Waals surface area contributed by atoms with Crippen molar-refractivity contribution in [2.24, 2.45) is 0 Å². The van der Waals surface area contributed by atoms with Crippen LogP contribution in [0.4, 0.5) is 0 Å². The van der Waals surface area contributed by atoms with Gasteiger partial charge in [-0.1, -0.05) is 260 Å². The van der Waals surface area contributed by atoms with Crippen LogP contribution in [0, 0.1) is 0 Å².